The molecule has 0 atom stereocenters. The fraction of sp³-hybridized carbons (Fsp3) is 0.353. The number of halogens is 1. The van der Waals surface area contributed by atoms with E-state index in [4.69, 9.17) is 5.73 Å². The highest BCUT2D eigenvalue weighted by atomic mass is 19.1. The summed E-state index contributed by atoms with van der Waals surface area (Å²) in [6.45, 7) is 0. The summed E-state index contributed by atoms with van der Waals surface area (Å²) < 4.78 is 13.7. The summed E-state index contributed by atoms with van der Waals surface area (Å²) in [6.07, 6.45) is 5.72. The molecule has 130 valence electrons. The van der Waals surface area contributed by atoms with E-state index in [1.54, 1.807) is 24.4 Å². The summed E-state index contributed by atoms with van der Waals surface area (Å²) in [5, 5.41) is 6.28. The molecule has 1 aliphatic rings. The van der Waals surface area contributed by atoms with Gasteiger partial charge in [-0.15, -0.1) is 0 Å². The zero-order chi connectivity index (χ0) is 17.2. The van der Waals surface area contributed by atoms with Crippen LogP contribution in [0.3, 0.4) is 0 Å². The van der Waals surface area contributed by atoms with Crippen molar-refractivity contribution >= 4 is 28.7 Å². The number of hydrogen-bond acceptors (Lipinski definition) is 6. The molecular formula is C17H20FN7. The Kier molecular flexibility index (Phi) is 4.19. The van der Waals surface area contributed by atoms with Crippen LogP contribution in [0.1, 0.15) is 25.7 Å². The molecule has 5 N–H and O–H groups in total. The number of fused-ring (bicyclic) bond motifs is 1. The fourth-order valence-electron chi connectivity index (χ4n) is 3.07. The van der Waals surface area contributed by atoms with Gasteiger partial charge in [-0.3, -0.25) is 0 Å². The van der Waals surface area contributed by atoms with E-state index >= 15 is 0 Å². The molecule has 7 nitrogen and oxygen atoms in total. The number of nitrogens with one attached hydrogen (secondary N) is 3. The number of imidazole rings is 1. The van der Waals surface area contributed by atoms with Crippen LogP contribution in [0.25, 0.3) is 11.2 Å². The third-order valence-corrected chi connectivity index (χ3v) is 4.47. The predicted octanol–water partition coefficient (Wildman–Crippen LogP) is 2.92. The zero-order valence-electron chi connectivity index (χ0n) is 13.7. The van der Waals surface area contributed by atoms with Crippen molar-refractivity contribution in [2.45, 2.75) is 37.8 Å². The first-order valence-corrected chi connectivity index (χ1v) is 8.44. The van der Waals surface area contributed by atoms with Crippen LogP contribution in [0.2, 0.25) is 0 Å². The first kappa shape index (κ1) is 15.8. The van der Waals surface area contributed by atoms with Crippen LogP contribution >= 0.6 is 0 Å². The third-order valence-electron chi connectivity index (χ3n) is 4.47. The van der Waals surface area contributed by atoms with Gasteiger partial charge in [-0.05, 0) is 37.8 Å². The van der Waals surface area contributed by atoms with E-state index in [9.17, 15) is 4.39 Å². The van der Waals surface area contributed by atoms with E-state index in [1.807, 2.05) is 0 Å². The maximum atomic E-state index is 13.7. The second kappa shape index (κ2) is 6.64. The number of para-hydroxylation sites is 1. The lowest BCUT2D eigenvalue weighted by Crippen LogP contribution is -2.33. The van der Waals surface area contributed by atoms with Crippen LogP contribution in [-0.4, -0.2) is 32.0 Å². The lowest BCUT2D eigenvalue weighted by atomic mass is 9.92. The monoisotopic (exact) mass is 341 g/mol. The average molecular weight is 341 g/mol. The number of benzene rings is 1. The number of hydrogen-bond donors (Lipinski definition) is 4. The van der Waals surface area contributed by atoms with Gasteiger partial charge in [-0.25, -0.2) is 14.4 Å². The van der Waals surface area contributed by atoms with Crippen molar-refractivity contribution < 1.29 is 4.39 Å². The van der Waals surface area contributed by atoms with Crippen molar-refractivity contribution in [3.8, 4) is 0 Å². The molecule has 3 aromatic rings. The van der Waals surface area contributed by atoms with E-state index in [2.05, 4.69) is 30.6 Å². The largest absolute Gasteiger partial charge is 0.351 e. The van der Waals surface area contributed by atoms with E-state index < -0.39 is 0 Å². The van der Waals surface area contributed by atoms with E-state index in [0.29, 0.717) is 40.8 Å². The minimum Gasteiger partial charge on any atom is -0.351 e. The second-order valence-electron chi connectivity index (χ2n) is 6.37. The Balaban J connectivity index is 1.50. The lowest BCUT2D eigenvalue weighted by molar-refractivity contribution is 0.410. The standard InChI is InChI=1S/C17H20FN7/c18-12-3-1-2-4-13(12)22-17-23-14-9-20-16(24-15(14)25-17)21-11-7-5-10(19)6-8-11/h1-4,9-11H,5-8,19H2,(H3,20,21,22,23,24,25)/t10-,11-. The summed E-state index contributed by atoms with van der Waals surface area (Å²) in [6, 6.07) is 7.09. The van der Waals surface area contributed by atoms with Crippen molar-refractivity contribution in [3.05, 3.63) is 36.3 Å². The number of nitrogens with two attached hydrogens (primary N) is 1. The Labute approximate surface area is 144 Å². The molecule has 1 saturated carbocycles. The summed E-state index contributed by atoms with van der Waals surface area (Å²) >= 11 is 0. The van der Waals surface area contributed by atoms with Crippen LogP contribution in [0.15, 0.2) is 30.5 Å². The van der Waals surface area contributed by atoms with Gasteiger partial charge >= 0.3 is 0 Å². The number of anilines is 3. The minimum atomic E-state index is -0.341. The van der Waals surface area contributed by atoms with Gasteiger partial charge in [0.25, 0.3) is 0 Å². The molecule has 25 heavy (non-hydrogen) atoms. The van der Waals surface area contributed by atoms with Crippen LogP contribution < -0.4 is 16.4 Å². The minimum absolute atomic E-state index is 0.307. The maximum absolute atomic E-state index is 13.7. The highest BCUT2D eigenvalue weighted by molar-refractivity contribution is 5.74. The molecule has 2 aromatic heterocycles. The fourth-order valence-corrected chi connectivity index (χ4v) is 3.07. The van der Waals surface area contributed by atoms with Gasteiger partial charge in [0.2, 0.25) is 11.9 Å². The number of aromatic amines is 1. The van der Waals surface area contributed by atoms with Crippen molar-refractivity contribution in [1.29, 1.82) is 0 Å². The molecule has 0 amide bonds. The third kappa shape index (κ3) is 3.53. The quantitative estimate of drug-likeness (QED) is 0.582. The van der Waals surface area contributed by atoms with Gasteiger partial charge < -0.3 is 21.4 Å². The van der Waals surface area contributed by atoms with Gasteiger partial charge in [0.15, 0.2) is 5.65 Å². The molecule has 0 bridgehead atoms. The van der Waals surface area contributed by atoms with Crippen molar-refractivity contribution in [2.24, 2.45) is 5.73 Å². The molecule has 0 spiro atoms. The van der Waals surface area contributed by atoms with Crippen molar-refractivity contribution in [2.75, 3.05) is 10.6 Å². The van der Waals surface area contributed by atoms with Gasteiger partial charge in [0, 0.05) is 12.1 Å². The molecule has 1 fully saturated rings. The van der Waals surface area contributed by atoms with E-state index in [0.717, 1.165) is 25.7 Å². The van der Waals surface area contributed by atoms with Crippen molar-refractivity contribution in [1.82, 2.24) is 19.9 Å². The van der Waals surface area contributed by atoms with Crippen LogP contribution in [0, 0.1) is 5.82 Å². The van der Waals surface area contributed by atoms with Crippen molar-refractivity contribution in [3.63, 3.8) is 0 Å². The molecule has 2 heterocycles. The summed E-state index contributed by atoms with van der Waals surface area (Å²) in [5.74, 6) is 0.649. The molecule has 0 saturated heterocycles. The SMILES string of the molecule is N[C@H]1CC[C@H](Nc2ncc3nc(Nc4ccccc4F)[nH]c3n2)CC1. The van der Waals surface area contributed by atoms with Gasteiger partial charge in [-0.2, -0.15) is 4.98 Å². The Morgan fingerprint density at radius 3 is 2.72 bits per heavy atom. The lowest BCUT2D eigenvalue weighted by Gasteiger charge is -2.26. The highest BCUT2D eigenvalue weighted by Gasteiger charge is 2.19. The normalized spacial score (nSPS) is 20.6. The number of aromatic nitrogens is 4. The Morgan fingerprint density at radius 2 is 1.92 bits per heavy atom. The Hall–Kier alpha value is -2.74. The first-order chi connectivity index (χ1) is 12.2. The predicted molar refractivity (Wildman–Crippen MR) is 95.2 cm³/mol. The molecule has 4 rings (SSSR count). The molecule has 0 radical (unpaired) electrons. The first-order valence-electron chi connectivity index (χ1n) is 8.44. The topological polar surface area (TPSA) is 105 Å². The van der Waals surface area contributed by atoms with Crippen LogP contribution in [0.5, 0.6) is 0 Å². The Bertz CT molecular complexity index is 870. The Morgan fingerprint density at radius 1 is 1.12 bits per heavy atom. The maximum Gasteiger partial charge on any atom is 0.224 e. The second-order valence-corrected chi connectivity index (χ2v) is 6.37. The highest BCUT2D eigenvalue weighted by Crippen LogP contribution is 2.22. The molecule has 1 aromatic carbocycles. The molecule has 0 unspecified atom stereocenters. The molecule has 0 aliphatic heterocycles. The van der Waals surface area contributed by atoms with Crippen LogP contribution in [-0.2, 0) is 0 Å². The summed E-state index contributed by atoms with van der Waals surface area (Å²) in [5.41, 5.74) is 7.51. The molecule has 8 heteroatoms. The van der Waals surface area contributed by atoms with Gasteiger partial charge in [-0.1, -0.05) is 12.1 Å². The molecule has 1 aliphatic carbocycles. The number of H-pyrrole nitrogens is 1. The number of nitrogens with zero attached hydrogens (tertiary/aromatic N) is 3. The van der Waals surface area contributed by atoms with E-state index in [1.165, 1.54) is 6.07 Å². The zero-order valence-corrected chi connectivity index (χ0v) is 13.7. The molecular weight excluding hydrogens is 321 g/mol. The smallest absolute Gasteiger partial charge is 0.224 e. The average Bonchev–Trinajstić information content (AvgIpc) is 3.01. The van der Waals surface area contributed by atoms with E-state index in [-0.39, 0.29) is 5.82 Å². The van der Waals surface area contributed by atoms with Gasteiger partial charge in [0.1, 0.15) is 11.3 Å². The van der Waals surface area contributed by atoms with Crippen LogP contribution in [0.4, 0.5) is 22.0 Å². The number of rotatable bonds is 4. The summed E-state index contributed by atoms with van der Waals surface area (Å²) in [4.78, 5) is 16.2. The van der Waals surface area contributed by atoms with Gasteiger partial charge in [0.05, 0.1) is 11.9 Å². The summed E-state index contributed by atoms with van der Waals surface area (Å²) in [7, 11) is 0.